The van der Waals surface area contributed by atoms with Crippen LogP contribution in [0.25, 0.3) is 0 Å². The summed E-state index contributed by atoms with van der Waals surface area (Å²) in [6.07, 6.45) is 4.95. The minimum Gasteiger partial charge on any atom is -0.504 e. The van der Waals surface area contributed by atoms with E-state index < -0.39 is 5.97 Å². The lowest BCUT2D eigenvalue weighted by Crippen LogP contribution is -2.13. The average molecular weight is 368 g/mol. The smallest absolute Gasteiger partial charge is 0.314 e. The third-order valence-corrected chi connectivity index (χ3v) is 3.80. The normalized spacial score (nSPS) is 10.1. The number of aromatic hydroxyl groups is 1. The number of methoxy groups -OCH3 is 1. The summed E-state index contributed by atoms with van der Waals surface area (Å²) in [5.74, 6) is 0.736. The van der Waals surface area contributed by atoms with Crippen molar-refractivity contribution in [1.82, 2.24) is 0 Å². The Hall–Kier alpha value is -3.21. The van der Waals surface area contributed by atoms with Crippen LogP contribution in [-0.2, 0) is 17.6 Å². The van der Waals surface area contributed by atoms with Crippen LogP contribution in [0.15, 0.2) is 61.7 Å². The Morgan fingerprint density at radius 2 is 1.63 bits per heavy atom. The van der Waals surface area contributed by atoms with E-state index >= 15 is 0 Å². The van der Waals surface area contributed by atoms with Crippen molar-refractivity contribution in [3.8, 4) is 23.0 Å². The van der Waals surface area contributed by atoms with E-state index in [2.05, 4.69) is 13.2 Å². The Bertz CT molecular complexity index is 810. The molecule has 0 amide bonds. The molecule has 0 unspecified atom stereocenters. The van der Waals surface area contributed by atoms with E-state index in [1.54, 1.807) is 36.4 Å². The molecule has 0 saturated carbocycles. The van der Waals surface area contributed by atoms with Gasteiger partial charge in [0.05, 0.1) is 20.1 Å². The molecule has 0 aliphatic heterocycles. The van der Waals surface area contributed by atoms with Crippen molar-refractivity contribution in [2.45, 2.75) is 19.3 Å². The molecule has 0 heterocycles. The van der Waals surface area contributed by atoms with Gasteiger partial charge in [0.25, 0.3) is 0 Å². The van der Waals surface area contributed by atoms with Gasteiger partial charge < -0.3 is 19.3 Å². The summed E-state index contributed by atoms with van der Waals surface area (Å²) in [6, 6.07) is 10.4. The number of phenols is 1. The summed E-state index contributed by atoms with van der Waals surface area (Å²) in [5.41, 5.74) is 1.98. The molecule has 0 saturated heterocycles. The second-order valence-electron chi connectivity index (χ2n) is 5.85. The summed E-state index contributed by atoms with van der Waals surface area (Å²) < 4.78 is 16.1. The molecular formula is C22H24O5. The number of phenolic OH excluding ortho intramolecular Hbond substituents is 1. The molecule has 0 radical (unpaired) electrons. The maximum absolute atomic E-state index is 12.1. The first-order chi connectivity index (χ1) is 13.1. The van der Waals surface area contributed by atoms with Crippen LogP contribution >= 0.6 is 0 Å². The van der Waals surface area contributed by atoms with E-state index in [-0.39, 0.29) is 18.8 Å². The van der Waals surface area contributed by atoms with Crippen molar-refractivity contribution in [3.05, 3.63) is 72.8 Å². The molecule has 0 aliphatic rings. The summed E-state index contributed by atoms with van der Waals surface area (Å²) in [5, 5.41) is 9.85. The predicted molar refractivity (Wildman–Crippen MR) is 105 cm³/mol. The largest absolute Gasteiger partial charge is 0.504 e. The molecule has 0 fully saturated rings. The summed E-state index contributed by atoms with van der Waals surface area (Å²) in [7, 11) is 1.52. The summed E-state index contributed by atoms with van der Waals surface area (Å²) in [6.45, 7) is 7.47. The van der Waals surface area contributed by atoms with E-state index in [1.165, 1.54) is 7.11 Å². The van der Waals surface area contributed by atoms with Crippen LogP contribution in [0.1, 0.15) is 17.5 Å². The number of rotatable bonds is 10. The first kappa shape index (κ1) is 20.1. The average Bonchev–Trinajstić information content (AvgIpc) is 2.66. The first-order valence-corrected chi connectivity index (χ1v) is 8.61. The lowest BCUT2D eigenvalue weighted by Gasteiger charge is -2.12. The molecule has 27 heavy (non-hydrogen) atoms. The Balaban J connectivity index is 1.92. The number of esters is 1. The van der Waals surface area contributed by atoms with Gasteiger partial charge in [-0.05, 0) is 48.2 Å². The maximum Gasteiger partial charge on any atom is 0.314 e. The molecular weight excluding hydrogens is 344 g/mol. The molecule has 0 atom stereocenters. The molecule has 0 bridgehead atoms. The molecule has 0 spiro atoms. The standard InChI is InChI=1S/C22H24O5/c1-4-6-16-8-10-18(23)20(14-16)26-13-12-22(24)27-19-11-9-17(7-5-2)15-21(19)25-3/h4-5,8-11,14-15,23H,1-2,6-7,12-13H2,3H3. The number of allylic oxidation sites excluding steroid dienone is 2. The number of benzene rings is 2. The van der Waals surface area contributed by atoms with Crippen molar-refractivity contribution in [3.63, 3.8) is 0 Å². The summed E-state index contributed by atoms with van der Waals surface area (Å²) >= 11 is 0. The van der Waals surface area contributed by atoms with Gasteiger partial charge in [-0.2, -0.15) is 0 Å². The second kappa shape index (κ2) is 10.1. The highest BCUT2D eigenvalue weighted by Crippen LogP contribution is 2.29. The Labute approximate surface area is 159 Å². The fourth-order valence-corrected chi connectivity index (χ4v) is 2.48. The highest BCUT2D eigenvalue weighted by Gasteiger charge is 2.12. The van der Waals surface area contributed by atoms with Crippen molar-refractivity contribution < 1.29 is 24.1 Å². The van der Waals surface area contributed by atoms with Crippen LogP contribution in [0, 0.1) is 0 Å². The number of carbonyl (C=O) groups is 1. The minimum absolute atomic E-state index is 0.0238. The molecule has 1 N–H and O–H groups in total. The first-order valence-electron chi connectivity index (χ1n) is 8.61. The molecule has 142 valence electrons. The Morgan fingerprint density at radius 3 is 2.26 bits per heavy atom. The minimum atomic E-state index is -0.452. The second-order valence-corrected chi connectivity index (χ2v) is 5.85. The predicted octanol–water partition coefficient (Wildman–Crippen LogP) is 4.23. The van der Waals surface area contributed by atoms with Crippen LogP contribution in [0.4, 0.5) is 0 Å². The van der Waals surface area contributed by atoms with Crippen molar-refractivity contribution in [2.24, 2.45) is 0 Å². The van der Waals surface area contributed by atoms with Crippen LogP contribution in [0.3, 0.4) is 0 Å². The Kier molecular flexibility index (Phi) is 7.49. The molecule has 0 aliphatic carbocycles. The number of hydrogen-bond acceptors (Lipinski definition) is 5. The van der Waals surface area contributed by atoms with Gasteiger partial charge in [0.1, 0.15) is 0 Å². The topological polar surface area (TPSA) is 65.0 Å². The van der Waals surface area contributed by atoms with Gasteiger partial charge >= 0.3 is 5.97 Å². The third-order valence-electron chi connectivity index (χ3n) is 3.80. The van der Waals surface area contributed by atoms with Gasteiger partial charge in [0.15, 0.2) is 23.0 Å². The molecule has 0 aromatic heterocycles. The van der Waals surface area contributed by atoms with Gasteiger partial charge in [-0.3, -0.25) is 4.79 Å². The number of hydrogen-bond donors (Lipinski definition) is 1. The molecule has 5 nitrogen and oxygen atoms in total. The van der Waals surface area contributed by atoms with Gasteiger partial charge in [0, 0.05) is 0 Å². The quantitative estimate of drug-likeness (QED) is 0.386. The lowest BCUT2D eigenvalue weighted by atomic mass is 10.1. The molecule has 5 heteroatoms. The van der Waals surface area contributed by atoms with E-state index in [0.717, 1.165) is 11.1 Å². The highest BCUT2D eigenvalue weighted by atomic mass is 16.6. The number of carbonyl (C=O) groups excluding carboxylic acids is 1. The third kappa shape index (κ3) is 5.92. The SMILES string of the molecule is C=CCc1ccc(O)c(OCCC(=O)Oc2ccc(CC=C)cc2OC)c1. The zero-order valence-corrected chi connectivity index (χ0v) is 15.4. The highest BCUT2D eigenvalue weighted by molar-refractivity contribution is 5.73. The van der Waals surface area contributed by atoms with Crippen molar-refractivity contribution in [1.29, 1.82) is 0 Å². The molecule has 2 rings (SSSR count). The Morgan fingerprint density at radius 1 is 1.00 bits per heavy atom. The number of ether oxygens (including phenoxy) is 3. The maximum atomic E-state index is 12.1. The zero-order chi connectivity index (χ0) is 19.6. The van der Waals surface area contributed by atoms with Gasteiger partial charge in [-0.25, -0.2) is 0 Å². The monoisotopic (exact) mass is 368 g/mol. The van der Waals surface area contributed by atoms with E-state index in [1.807, 2.05) is 12.1 Å². The van der Waals surface area contributed by atoms with Gasteiger partial charge in [0.2, 0.25) is 0 Å². The molecule has 2 aromatic rings. The molecule has 2 aromatic carbocycles. The van der Waals surface area contributed by atoms with Crippen molar-refractivity contribution in [2.75, 3.05) is 13.7 Å². The fraction of sp³-hybridized carbons (Fsp3) is 0.227. The van der Waals surface area contributed by atoms with Gasteiger partial charge in [-0.1, -0.05) is 24.3 Å². The van der Waals surface area contributed by atoms with E-state index in [4.69, 9.17) is 14.2 Å². The lowest BCUT2D eigenvalue weighted by molar-refractivity contribution is -0.135. The fourth-order valence-electron chi connectivity index (χ4n) is 2.48. The van der Waals surface area contributed by atoms with Crippen LogP contribution < -0.4 is 14.2 Å². The van der Waals surface area contributed by atoms with Crippen molar-refractivity contribution >= 4 is 5.97 Å². The summed E-state index contributed by atoms with van der Waals surface area (Å²) in [4.78, 5) is 12.1. The van der Waals surface area contributed by atoms with E-state index in [0.29, 0.717) is 30.1 Å². The van der Waals surface area contributed by atoms with Crippen LogP contribution in [0.2, 0.25) is 0 Å². The van der Waals surface area contributed by atoms with E-state index in [9.17, 15) is 9.90 Å². The van der Waals surface area contributed by atoms with Gasteiger partial charge in [-0.15, -0.1) is 13.2 Å². The zero-order valence-electron chi connectivity index (χ0n) is 15.4. The van der Waals surface area contributed by atoms with Crippen LogP contribution in [0.5, 0.6) is 23.0 Å². The van der Waals surface area contributed by atoms with Crippen LogP contribution in [-0.4, -0.2) is 24.8 Å².